The molecule has 0 radical (unpaired) electrons. The molecule has 4 nitrogen and oxygen atoms in total. The van der Waals surface area contributed by atoms with Crippen molar-refractivity contribution in [1.82, 2.24) is 4.90 Å². The number of benzene rings is 1. The van der Waals surface area contributed by atoms with Crippen molar-refractivity contribution in [2.45, 2.75) is 32.4 Å². The van der Waals surface area contributed by atoms with E-state index in [9.17, 15) is 9.90 Å². The van der Waals surface area contributed by atoms with Gasteiger partial charge in [-0.1, -0.05) is 18.2 Å². The summed E-state index contributed by atoms with van der Waals surface area (Å²) < 4.78 is 0. The van der Waals surface area contributed by atoms with E-state index >= 15 is 0 Å². The SMILES string of the molecule is Cc1ccccc1N1C(=O)C(CO)N(C)CC1(C)C. The fourth-order valence-electron chi connectivity index (χ4n) is 2.90. The molecule has 0 aromatic heterocycles. The minimum absolute atomic E-state index is 0.0319. The van der Waals surface area contributed by atoms with Gasteiger partial charge in [0.25, 0.3) is 0 Å². The van der Waals surface area contributed by atoms with Crippen LogP contribution in [0.15, 0.2) is 24.3 Å². The van der Waals surface area contributed by atoms with Gasteiger partial charge in [-0.05, 0) is 39.4 Å². The lowest BCUT2D eigenvalue weighted by atomic mass is 9.93. The summed E-state index contributed by atoms with van der Waals surface area (Å²) in [7, 11) is 1.88. The van der Waals surface area contributed by atoms with Crippen molar-refractivity contribution in [1.29, 1.82) is 0 Å². The molecule has 0 spiro atoms. The number of aryl methyl sites for hydroxylation is 1. The van der Waals surface area contributed by atoms with Gasteiger partial charge in [-0.2, -0.15) is 0 Å². The lowest BCUT2D eigenvalue weighted by molar-refractivity contribution is -0.129. The van der Waals surface area contributed by atoms with E-state index in [1.54, 1.807) is 0 Å². The van der Waals surface area contributed by atoms with Crippen LogP contribution in [0.1, 0.15) is 19.4 Å². The molecule has 1 heterocycles. The van der Waals surface area contributed by atoms with E-state index in [-0.39, 0.29) is 18.1 Å². The number of carbonyl (C=O) groups is 1. The second-order valence-corrected chi connectivity index (χ2v) is 5.89. The van der Waals surface area contributed by atoms with Gasteiger partial charge in [-0.3, -0.25) is 9.69 Å². The zero-order valence-electron chi connectivity index (χ0n) is 12.1. The Morgan fingerprint density at radius 1 is 1.37 bits per heavy atom. The fourth-order valence-corrected chi connectivity index (χ4v) is 2.90. The number of carbonyl (C=O) groups excluding carboxylic acids is 1. The minimum Gasteiger partial charge on any atom is -0.394 e. The van der Waals surface area contributed by atoms with E-state index in [1.165, 1.54) is 0 Å². The van der Waals surface area contributed by atoms with E-state index in [4.69, 9.17) is 0 Å². The number of amides is 1. The molecule has 0 aliphatic carbocycles. The molecular formula is C15H22N2O2. The number of rotatable bonds is 2. The van der Waals surface area contributed by atoms with Crippen LogP contribution in [0.5, 0.6) is 0 Å². The molecule has 0 bridgehead atoms. The predicted molar refractivity (Wildman–Crippen MR) is 76.2 cm³/mol. The minimum atomic E-state index is -0.451. The van der Waals surface area contributed by atoms with Gasteiger partial charge in [-0.25, -0.2) is 0 Å². The molecule has 1 amide bonds. The van der Waals surface area contributed by atoms with Crippen LogP contribution in [0.2, 0.25) is 0 Å². The first-order chi connectivity index (χ1) is 8.88. The van der Waals surface area contributed by atoms with Crippen molar-refractivity contribution in [3.8, 4) is 0 Å². The third-order valence-corrected chi connectivity index (χ3v) is 3.81. The molecule has 0 saturated carbocycles. The lowest BCUT2D eigenvalue weighted by Gasteiger charge is -2.49. The highest BCUT2D eigenvalue weighted by atomic mass is 16.3. The number of hydrogen-bond acceptors (Lipinski definition) is 3. The van der Waals surface area contributed by atoms with Crippen molar-refractivity contribution >= 4 is 11.6 Å². The highest BCUT2D eigenvalue weighted by Crippen LogP contribution is 2.32. The number of anilines is 1. The summed E-state index contributed by atoms with van der Waals surface area (Å²) in [6.45, 7) is 6.71. The van der Waals surface area contributed by atoms with Crippen LogP contribution in [0.4, 0.5) is 5.69 Å². The average molecular weight is 262 g/mol. The number of aliphatic hydroxyl groups excluding tert-OH is 1. The summed E-state index contributed by atoms with van der Waals surface area (Å²) >= 11 is 0. The van der Waals surface area contributed by atoms with E-state index in [2.05, 4.69) is 13.8 Å². The van der Waals surface area contributed by atoms with Gasteiger partial charge in [0.05, 0.1) is 12.1 Å². The van der Waals surface area contributed by atoms with Crippen LogP contribution in [-0.4, -0.2) is 47.7 Å². The standard InChI is InChI=1S/C15H22N2O2/c1-11-7-5-6-8-12(11)17-14(19)13(9-18)16(4)10-15(17,2)3/h5-8,13,18H,9-10H2,1-4H3. The first-order valence-electron chi connectivity index (χ1n) is 6.59. The first-order valence-corrected chi connectivity index (χ1v) is 6.59. The zero-order valence-corrected chi connectivity index (χ0v) is 12.1. The fraction of sp³-hybridized carbons (Fsp3) is 0.533. The van der Waals surface area contributed by atoms with Crippen molar-refractivity contribution in [2.24, 2.45) is 0 Å². The monoisotopic (exact) mass is 262 g/mol. The Morgan fingerprint density at radius 2 is 2.00 bits per heavy atom. The largest absolute Gasteiger partial charge is 0.394 e. The van der Waals surface area contributed by atoms with E-state index in [1.807, 2.05) is 48.0 Å². The van der Waals surface area contributed by atoms with Crippen LogP contribution >= 0.6 is 0 Å². The molecular weight excluding hydrogens is 240 g/mol. The predicted octanol–water partition coefficient (Wildman–Crippen LogP) is 1.41. The second-order valence-electron chi connectivity index (χ2n) is 5.89. The highest BCUT2D eigenvalue weighted by molar-refractivity contribution is 6.00. The molecule has 1 fully saturated rings. The molecule has 1 aromatic carbocycles. The van der Waals surface area contributed by atoms with Crippen molar-refractivity contribution in [3.05, 3.63) is 29.8 Å². The molecule has 1 unspecified atom stereocenters. The third-order valence-electron chi connectivity index (χ3n) is 3.81. The number of hydrogen-bond donors (Lipinski definition) is 1. The highest BCUT2D eigenvalue weighted by Gasteiger charge is 2.44. The second kappa shape index (κ2) is 4.94. The van der Waals surface area contributed by atoms with Gasteiger partial charge in [-0.15, -0.1) is 0 Å². The number of nitrogens with zero attached hydrogens (tertiary/aromatic N) is 2. The summed E-state index contributed by atoms with van der Waals surface area (Å²) in [5, 5.41) is 9.45. The Hall–Kier alpha value is -1.39. The Labute approximate surface area is 114 Å². The quantitative estimate of drug-likeness (QED) is 0.876. The molecule has 1 aliphatic rings. The molecule has 104 valence electrons. The molecule has 1 aliphatic heterocycles. The summed E-state index contributed by atoms with van der Waals surface area (Å²) in [6.07, 6.45) is 0. The van der Waals surface area contributed by atoms with Crippen molar-refractivity contribution in [2.75, 3.05) is 25.1 Å². The van der Waals surface area contributed by atoms with E-state index in [0.29, 0.717) is 0 Å². The smallest absolute Gasteiger partial charge is 0.247 e. The van der Waals surface area contributed by atoms with Crippen LogP contribution in [-0.2, 0) is 4.79 Å². The molecule has 1 atom stereocenters. The van der Waals surface area contributed by atoms with Gasteiger partial charge in [0.2, 0.25) is 5.91 Å². The Bertz CT molecular complexity index is 485. The maximum atomic E-state index is 12.7. The van der Waals surface area contributed by atoms with Crippen LogP contribution < -0.4 is 4.90 Å². The van der Waals surface area contributed by atoms with Gasteiger partial charge in [0.1, 0.15) is 6.04 Å². The Balaban J connectivity index is 2.47. The molecule has 1 saturated heterocycles. The maximum Gasteiger partial charge on any atom is 0.247 e. The summed E-state index contributed by atoms with van der Waals surface area (Å²) in [6, 6.07) is 7.43. The summed E-state index contributed by atoms with van der Waals surface area (Å²) in [5.74, 6) is -0.0319. The molecule has 19 heavy (non-hydrogen) atoms. The first kappa shape index (κ1) is 14.0. The summed E-state index contributed by atoms with van der Waals surface area (Å²) in [4.78, 5) is 16.4. The molecule has 1 N–H and O–H groups in total. The number of piperazine rings is 1. The molecule has 4 heteroatoms. The number of para-hydroxylation sites is 1. The van der Waals surface area contributed by atoms with Crippen LogP contribution in [0.3, 0.4) is 0 Å². The van der Waals surface area contributed by atoms with Crippen LogP contribution in [0.25, 0.3) is 0 Å². The normalized spacial score (nSPS) is 23.7. The van der Waals surface area contributed by atoms with Gasteiger partial charge in [0.15, 0.2) is 0 Å². The van der Waals surface area contributed by atoms with E-state index < -0.39 is 6.04 Å². The van der Waals surface area contributed by atoms with Crippen LogP contribution in [0, 0.1) is 6.92 Å². The Morgan fingerprint density at radius 3 is 2.58 bits per heavy atom. The average Bonchev–Trinajstić information content (AvgIpc) is 2.30. The topological polar surface area (TPSA) is 43.8 Å². The van der Waals surface area contributed by atoms with Gasteiger partial charge in [0, 0.05) is 12.2 Å². The Kier molecular flexibility index (Phi) is 3.65. The lowest BCUT2D eigenvalue weighted by Crippen LogP contribution is -2.66. The van der Waals surface area contributed by atoms with Gasteiger partial charge >= 0.3 is 0 Å². The maximum absolute atomic E-state index is 12.7. The number of likely N-dealkylation sites (N-methyl/N-ethyl adjacent to an activating group) is 1. The van der Waals surface area contributed by atoms with Crippen molar-refractivity contribution in [3.63, 3.8) is 0 Å². The van der Waals surface area contributed by atoms with E-state index in [0.717, 1.165) is 17.8 Å². The molecule has 2 rings (SSSR count). The summed E-state index contributed by atoms with van der Waals surface area (Å²) in [5.41, 5.74) is 1.72. The third kappa shape index (κ3) is 2.38. The van der Waals surface area contributed by atoms with Crippen molar-refractivity contribution < 1.29 is 9.90 Å². The van der Waals surface area contributed by atoms with Gasteiger partial charge < -0.3 is 10.0 Å². The number of aliphatic hydroxyl groups is 1. The molecule has 1 aromatic rings. The zero-order chi connectivity index (χ0) is 14.2.